The second-order valence-corrected chi connectivity index (χ2v) is 7.97. The molecule has 1 spiro atoms. The van der Waals surface area contributed by atoms with Crippen molar-refractivity contribution in [3.63, 3.8) is 0 Å². The first-order valence-corrected chi connectivity index (χ1v) is 9.13. The molecule has 108 valence electrons. The van der Waals surface area contributed by atoms with Crippen LogP contribution in [0.4, 0.5) is 0 Å². The normalized spacial score (nSPS) is 25.4. The van der Waals surface area contributed by atoms with Crippen molar-refractivity contribution in [3.05, 3.63) is 16.1 Å². The summed E-state index contributed by atoms with van der Waals surface area (Å²) in [5, 5.41) is 4.15. The van der Waals surface area contributed by atoms with E-state index >= 15 is 0 Å². The van der Waals surface area contributed by atoms with E-state index in [2.05, 4.69) is 11.9 Å². The molecule has 1 aliphatic carbocycles. The summed E-state index contributed by atoms with van der Waals surface area (Å²) in [6.45, 7) is 2.18. The minimum Gasteiger partial charge on any atom is -0.296 e. The van der Waals surface area contributed by atoms with Gasteiger partial charge in [-0.1, -0.05) is 32.6 Å². The molecular formula is C15H20N2OS2. The van der Waals surface area contributed by atoms with Gasteiger partial charge in [-0.05, 0) is 19.3 Å². The third kappa shape index (κ3) is 2.58. The van der Waals surface area contributed by atoms with Gasteiger partial charge in [0.15, 0.2) is 6.29 Å². The minimum atomic E-state index is 0.166. The van der Waals surface area contributed by atoms with Crippen LogP contribution in [0, 0.1) is 0 Å². The highest BCUT2D eigenvalue weighted by Gasteiger charge is 2.46. The Bertz CT molecular complexity index is 516. The summed E-state index contributed by atoms with van der Waals surface area (Å²) < 4.78 is 0.208. The number of carbonyl (C=O) groups excluding carboxylic acids is 1. The molecule has 0 N–H and O–H groups in total. The van der Waals surface area contributed by atoms with Gasteiger partial charge in [0.1, 0.15) is 16.7 Å². The van der Waals surface area contributed by atoms with Gasteiger partial charge in [-0.3, -0.25) is 9.79 Å². The molecule has 0 aromatic carbocycles. The van der Waals surface area contributed by atoms with Crippen molar-refractivity contribution in [2.75, 3.05) is 0 Å². The van der Waals surface area contributed by atoms with Gasteiger partial charge in [0.2, 0.25) is 0 Å². The van der Waals surface area contributed by atoms with Crippen LogP contribution in [0.3, 0.4) is 0 Å². The zero-order valence-electron chi connectivity index (χ0n) is 11.8. The van der Waals surface area contributed by atoms with E-state index in [0.29, 0.717) is 5.69 Å². The third-order valence-electron chi connectivity index (χ3n) is 4.24. The number of aldehydes is 1. The zero-order chi connectivity index (χ0) is 14.0. The molecule has 0 bridgehead atoms. The fourth-order valence-corrected chi connectivity index (χ4v) is 5.74. The lowest BCUT2D eigenvalue weighted by atomic mass is 9.91. The summed E-state index contributed by atoms with van der Waals surface area (Å²) in [5.41, 5.74) is 0.555. The Kier molecular flexibility index (Phi) is 4.26. The minimum absolute atomic E-state index is 0.166. The summed E-state index contributed by atoms with van der Waals surface area (Å²) in [4.78, 5) is 20.3. The molecule has 2 heterocycles. The van der Waals surface area contributed by atoms with Gasteiger partial charge in [0.25, 0.3) is 0 Å². The van der Waals surface area contributed by atoms with Gasteiger partial charge >= 0.3 is 0 Å². The lowest BCUT2D eigenvalue weighted by molar-refractivity contribution is 0.111. The Hall–Kier alpha value is -0.680. The molecule has 0 amide bonds. The predicted octanol–water partition coefficient (Wildman–Crippen LogP) is 4.65. The molecule has 2 aliphatic rings. The monoisotopic (exact) mass is 308 g/mol. The zero-order valence-corrected chi connectivity index (χ0v) is 13.4. The van der Waals surface area contributed by atoms with Crippen LogP contribution in [0.15, 0.2) is 10.4 Å². The van der Waals surface area contributed by atoms with Crippen molar-refractivity contribution in [1.82, 2.24) is 4.98 Å². The Morgan fingerprint density at radius 3 is 2.70 bits per heavy atom. The topological polar surface area (TPSA) is 42.3 Å². The van der Waals surface area contributed by atoms with Gasteiger partial charge in [0, 0.05) is 5.38 Å². The highest BCUT2D eigenvalue weighted by atomic mass is 32.2. The van der Waals surface area contributed by atoms with E-state index in [0.717, 1.165) is 17.7 Å². The average Bonchev–Trinajstić information content (AvgIpc) is 2.99. The smallest absolute Gasteiger partial charge is 0.169 e. The van der Waals surface area contributed by atoms with Crippen LogP contribution >= 0.6 is 23.1 Å². The first kappa shape index (κ1) is 14.3. The van der Waals surface area contributed by atoms with E-state index in [9.17, 15) is 4.79 Å². The fraction of sp³-hybridized carbons (Fsp3) is 0.667. The number of rotatable bonds is 3. The number of hydrogen-bond acceptors (Lipinski definition) is 5. The largest absolute Gasteiger partial charge is 0.296 e. The molecule has 1 unspecified atom stereocenters. The summed E-state index contributed by atoms with van der Waals surface area (Å²) in [6.07, 6.45) is 9.57. The lowest BCUT2D eigenvalue weighted by Gasteiger charge is -2.31. The van der Waals surface area contributed by atoms with Crippen molar-refractivity contribution in [3.8, 4) is 0 Å². The maximum Gasteiger partial charge on any atom is 0.169 e. The number of nitrogens with zero attached hydrogens (tertiary/aromatic N) is 2. The fourth-order valence-electron chi connectivity index (χ4n) is 3.21. The molecule has 20 heavy (non-hydrogen) atoms. The van der Waals surface area contributed by atoms with Crippen molar-refractivity contribution >= 4 is 34.4 Å². The molecule has 0 saturated heterocycles. The van der Waals surface area contributed by atoms with Crippen molar-refractivity contribution in [1.29, 1.82) is 0 Å². The van der Waals surface area contributed by atoms with E-state index in [-0.39, 0.29) is 10.8 Å². The molecule has 1 saturated carbocycles. The van der Waals surface area contributed by atoms with Crippen LogP contribution in [0.2, 0.25) is 0 Å². The molecule has 1 aromatic rings. The van der Waals surface area contributed by atoms with E-state index in [1.807, 2.05) is 17.1 Å². The molecule has 0 radical (unpaired) electrons. The number of carbonyl (C=O) groups is 1. The van der Waals surface area contributed by atoms with E-state index in [1.165, 1.54) is 43.6 Å². The standard InChI is InChI=1S/C15H20N2OS2/c1-2-12-17-13(14-16-11(9-18)10-19-14)15(20-12)7-5-3-4-6-8-15/h9-10,13H,2-8H2,1H3. The van der Waals surface area contributed by atoms with Gasteiger partial charge in [-0.15, -0.1) is 23.1 Å². The van der Waals surface area contributed by atoms with Crippen LogP contribution in [-0.2, 0) is 0 Å². The quantitative estimate of drug-likeness (QED) is 0.764. The van der Waals surface area contributed by atoms with Gasteiger partial charge in [-0.25, -0.2) is 4.98 Å². The van der Waals surface area contributed by atoms with E-state index < -0.39 is 0 Å². The van der Waals surface area contributed by atoms with Gasteiger partial charge in [-0.2, -0.15) is 0 Å². The highest BCUT2D eigenvalue weighted by Crippen LogP contribution is 2.54. The van der Waals surface area contributed by atoms with Crippen molar-refractivity contribution in [2.45, 2.75) is 62.7 Å². The summed E-state index contributed by atoms with van der Waals surface area (Å²) in [7, 11) is 0. The first-order valence-electron chi connectivity index (χ1n) is 7.44. The van der Waals surface area contributed by atoms with Crippen molar-refractivity contribution < 1.29 is 4.79 Å². The molecule has 1 fully saturated rings. The maximum absolute atomic E-state index is 10.9. The lowest BCUT2D eigenvalue weighted by Crippen LogP contribution is -2.28. The Morgan fingerprint density at radius 1 is 1.35 bits per heavy atom. The van der Waals surface area contributed by atoms with Crippen LogP contribution in [0.25, 0.3) is 0 Å². The second-order valence-electron chi connectivity index (χ2n) is 5.59. The predicted molar refractivity (Wildman–Crippen MR) is 86.0 cm³/mol. The molecule has 3 nitrogen and oxygen atoms in total. The third-order valence-corrected chi connectivity index (χ3v) is 6.82. The summed E-state index contributed by atoms with van der Waals surface area (Å²) in [6, 6.07) is 0.166. The molecule has 1 aromatic heterocycles. The van der Waals surface area contributed by atoms with Gasteiger partial charge in [0.05, 0.1) is 9.79 Å². The van der Waals surface area contributed by atoms with E-state index in [1.54, 1.807) is 11.3 Å². The number of aliphatic imine (C=N–C) groups is 1. The van der Waals surface area contributed by atoms with Crippen LogP contribution in [0.5, 0.6) is 0 Å². The first-order chi connectivity index (χ1) is 9.77. The van der Waals surface area contributed by atoms with Crippen LogP contribution < -0.4 is 0 Å². The molecule has 3 rings (SSSR count). The van der Waals surface area contributed by atoms with E-state index in [4.69, 9.17) is 4.99 Å². The Balaban J connectivity index is 1.94. The number of thiazole rings is 1. The maximum atomic E-state index is 10.9. The number of thioether (sulfide) groups is 1. The second kappa shape index (κ2) is 5.98. The Labute approximate surface area is 128 Å². The van der Waals surface area contributed by atoms with Gasteiger partial charge < -0.3 is 0 Å². The average molecular weight is 308 g/mol. The highest BCUT2D eigenvalue weighted by molar-refractivity contribution is 8.15. The summed E-state index contributed by atoms with van der Waals surface area (Å²) in [5.74, 6) is 0. The number of hydrogen-bond donors (Lipinski definition) is 0. The summed E-state index contributed by atoms with van der Waals surface area (Å²) >= 11 is 3.59. The molecule has 1 aliphatic heterocycles. The number of aromatic nitrogens is 1. The van der Waals surface area contributed by atoms with Crippen LogP contribution in [-0.4, -0.2) is 21.1 Å². The van der Waals surface area contributed by atoms with Crippen molar-refractivity contribution in [2.24, 2.45) is 4.99 Å². The SMILES string of the molecule is CCC1=NC(c2nc(C=O)cs2)C2(CCCCCC2)S1. The molecule has 5 heteroatoms. The molecular weight excluding hydrogens is 288 g/mol. The Morgan fingerprint density at radius 2 is 2.10 bits per heavy atom. The van der Waals surface area contributed by atoms with Crippen LogP contribution in [0.1, 0.15) is 73.4 Å². The molecule has 1 atom stereocenters.